The minimum Gasteiger partial charge on any atom is -0.322 e. The van der Waals surface area contributed by atoms with Crippen LogP contribution < -0.4 is 5.73 Å². The van der Waals surface area contributed by atoms with Crippen molar-refractivity contribution in [3.63, 3.8) is 0 Å². The highest BCUT2D eigenvalue weighted by Gasteiger charge is 2.28. The lowest BCUT2D eigenvalue weighted by Crippen LogP contribution is -2.29. The Morgan fingerprint density at radius 3 is 2.44 bits per heavy atom. The number of hydrogen-bond acceptors (Lipinski definition) is 2. The van der Waals surface area contributed by atoms with E-state index in [0.717, 1.165) is 18.4 Å². The Morgan fingerprint density at radius 1 is 1.28 bits per heavy atom. The molecule has 0 spiro atoms. The summed E-state index contributed by atoms with van der Waals surface area (Å²) in [6.07, 6.45) is 7.11. The molecule has 18 heavy (non-hydrogen) atoms. The van der Waals surface area contributed by atoms with Gasteiger partial charge in [0.1, 0.15) is 0 Å². The predicted molar refractivity (Wildman–Crippen MR) is 75.1 cm³/mol. The first-order valence-electron chi connectivity index (χ1n) is 7.40. The van der Waals surface area contributed by atoms with Gasteiger partial charge in [0.2, 0.25) is 0 Å². The maximum atomic E-state index is 6.45. The molecule has 102 valence electrons. The van der Waals surface area contributed by atoms with Gasteiger partial charge in [0, 0.05) is 18.8 Å². The van der Waals surface area contributed by atoms with Crippen molar-refractivity contribution >= 4 is 0 Å². The summed E-state index contributed by atoms with van der Waals surface area (Å²) in [6.45, 7) is 7.73. The molecule has 1 unspecified atom stereocenters. The van der Waals surface area contributed by atoms with E-state index in [2.05, 4.69) is 31.9 Å². The summed E-state index contributed by atoms with van der Waals surface area (Å²) >= 11 is 0. The standard InChI is InChI=1S/C15H27N3/c1-4-18-14(9-10-17-18)15(16)13-7-5-12(6-8-13)11(2)3/h9-13,15H,4-8,16H2,1-3H3. The van der Waals surface area contributed by atoms with Crippen molar-refractivity contribution in [1.82, 2.24) is 9.78 Å². The molecule has 1 aliphatic carbocycles. The molecular weight excluding hydrogens is 222 g/mol. The first-order chi connectivity index (χ1) is 8.63. The van der Waals surface area contributed by atoms with Crippen molar-refractivity contribution in [2.45, 2.75) is 59.0 Å². The van der Waals surface area contributed by atoms with Gasteiger partial charge < -0.3 is 5.73 Å². The van der Waals surface area contributed by atoms with E-state index in [0.29, 0.717) is 5.92 Å². The van der Waals surface area contributed by atoms with Crippen molar-refractivity contribution in [3.8, 4) is 0 Å². The van der Waals surface area contributed by atoms with Crippen LogP contribution in [0.4, 0.5) is 0 Å². The number of nitrogens with zero attached hydrogens (tertiary/aromatic N) is 2. The fraction of sp³-hybridized carbons (Fsp3) is 0.800. The largest absolute Gasteiger partial charge is 0.322 e. The van der Waals surface area contributed by atoms with Crippen LogP contribution in [0, 0.1) is 17.8 Å². The van der Waals surface area contributed by atoms with E-state index in [-0.39, 0.29) is 6.04 Å². The van der Waals surface area contributed by atoms with Gasteiger partial charge in [-0.1, -0.05) is 13.8 Å². The van der Waals surface area contributed by atoms with Crippen LogP contribution >= 0.6 is 0 Å². The van der Waals surface area contributed by atoms with Crippen molar-refractivity contribution in [2.24, 2.45) is 23.5 Å². The van der Waals surface area contributed by atoms with Crippen molar-refractivity contribution < 1.29 is 0 Å². The van der Waals surface area contributed by atoms with Gasteiger partial charge in [-0.15, -0.1) is 0 Å². The molecule has 1 aromatic rings. The molecule has 1 heterocycles. The van der Waals surface area contributed by atoms with Gasteiger partial charge in [-0.2, -0.15) is 5.10 Å². The minimum atomic E-state index is 0.167. The van der Waals surface area contributed by atoms with E-state index >= 15 is 0 Å². The van der Waals surface area contributed by atoms with E-state index in [4.69, 9.17) is 5.73 Å². The van der Waals surface area contributed by atoms with Crippen LogP contribution in [0.5, 0.6) is 0 Å². The molecule has 3 heteroatoms. The lowest BCUT2D eigenvalue weighted by molar-refractivity contribution is 0.200. The quantitative estimate of drug-likeness (QED) is 0.889. The summed E-state index contributed by atoms with van der Waals surface area (Å²) in [5, 5.41) is 4.33. The molecule has 2 N–H and O–H groups in total. The van der Waals surface area contributed by atoms with Crippen LogP contribution in [0.3, 0.4) is 0 Å². The number of nitrogens with two attached hydrogens (primary N) is 1. The van der Waals surface area contributed by atoms with Crippen LogP contribution in [-0.4, -0.2) is 9.78 Å². The highest BCUT2D eigenvalue weighted by Crippen LogP contribution is 2.38. The molecule has 1 fully saturated rings. The number of aromatic nitrogens is 2. The van der Waals surface area contributed by atoms with E-state index < -0.39 is 0 Å². The molecule has 0 amide bonds. The monoisotopic (exact) mass is 249 g/mol. The lowest BCUT2D eigenvalue weighted by Gasteiger charge is -2.34. The molecule has 0 aliphatic heterocycles. The van der Waals surface area contributed by atoms with Crippen LogP contribution in [0.2, 0.25) is 0 Å². The lowest BCUT2D eigenvalue weighted by atomic mass is 9.74. The number of rotatable bonds is 4. The summed E-state index contributed by atoms with van der Waals surface area (Å²) < 4.78 is 2.04. The second-order valence-corrected chi connectivity index (χ2v) is 6.02. The summed E-state index contributed by atoms with van der Waals surface area (Å²) in [5.41, 5.74) is 7.66. The summed E-state index contributed by atoms with van der Waals surface area (Å²) in [4.78, 5) is 0. The third-order valence-electron chi connectivity index (χ3n) is 4.66. The zero-order valence-corrected chi connectivity index (χ0v) is 12.0. The fourth-order valence-electron chi connectivity index (χ4n) is 3.30. The van der Waals surface area contributed by atoms with Gasteiger partial charge in [-0.3, -0.25) is 4.68 Å². The zero-order valence-electron chi connectivity index (χ0n) is 12.0. The molecule has 1 saturated carbocycles. The third-order valence-corrected chi connectivity index (χ3v) is 4.66. The first-order valence-corrected chi connectivity index (χ1v) is 7.40. The molecule has 1 atom stereocenters. The molecular formula is C15H27N3. The maximum Gasteiger partial charge on any atom is 0.0554 e. The molecule has 0 saturated heterocycles. The topological polar surface area (TPSA) is 43.8 Å². The average molecular weight is 249 g/mol. The average Bonchev–Trinajstić information content (AvgIpc) is 2.86. The molecule has 3 nitrogen and oxygen atoms in total. The van der Waals surface area contributed by atoms with Crippen molar-refractivity contribution in [1.29, 1.82) is 0 Å². The highest BCUT2D eigenvalue weighted by atomic mass is 15.3. The SMILES string of the molecule is CCn1nccc1C(N)C1CCC(C(C)C)CC1. The Kier molecular flexibility index (Phi) is 4.44. The first kappa shape index (κ1) is 13.6. The second-order valence-electron chi connectivity index (χ2n) is 6.02. The van der Waals surface area contributed by atoms with Gasteiger partial charge in [0.25, 0.3) is 0 Å². The number of hydrogen-bond donors (Lipinski definition) is 1. The summed E-state index contributed by atoms with van der Waals surface area (Å²) in [6, 6.07) is 2.25. The molecule has 0 aromatic carbocycles. The van der Waals surface area contributed by atoms with Gasteiger partial charge in [0.05, 0.1) is 5.69 Å². The highest BCUT2D eigenvalue weighted by molar-refractivity contribution is 5.08. The molecule has 0 bridgehead atoms. The molecule has 1 aliphatic rings. The van der Waals surface area contributed by atoms with Crippen LogP contribution in [0.15, 0.2) is 12.3 Å². The second kappa shape index (κ2) is 5.87. The fourth-order valence-corrected chi connectivity index (χ4v) is 3.30. The van der Waals surface area contributed by atoms with Crippen LogP contribution in [0.25, 0.3) is 0 Å². The van der Waals surface area contributed by atoms with Crippen molar-refractivity contribution in [2.75, 3.05) is 0 Å². The van der Waals surface area contributed by atoms with E-state index in [1.807, 2.05) is 10.9 Å². The Balaban J connectivity index is 1.97. The zero-order chi connectivity index (χ0) is 13.1. The predicted octanol–water partition coefficient (Wildman–Crippen LogP) is 3.37. The van der Waals surface area contributed by atoms with Crippen LogP contribution in [-0.2, 0) is 6.54 Å². The Bertz CT molecular complexity index is 362. The van der Waals surface area contributed by atoms with E-state index in [1.54, 1.807) is 0 Å². The normalized spacial score (nSPS) is 26.5. The maximum absolute atomic E-state index is 6.45. The van der Waals surface area contributed by atoms with Gasteiger partial charge in [-0.05, 0) is 56.4 Å². The van der Waals surface area contributed by atoms with E-state index in [1.165, 1.54) is 31.4 Å². The van der Waals surface area contributed by atoms with Gasteiger partial charge in [-0.25, -0.2) is 0 Å². The summed E-state index contributed by atoms with van der Waals surface area (Å²) in [5.74, 6) is 2.37. The molecule has 2 rings (SSSR count). The minimum absolute atomic E-state index is 0.167. The molecule has 1 aromatic heterocycles. The summed E-state index contributed by atoms with van der Waals surface area (Å²) in [7, 11) is 0. The van der Waals surface area contributed by atoms with Crippen LogP contribution in [0.1, 0.15) is 58.2 Å². The number of aryl methyl sites for hydroxylation is 1. The third kappa shape index (κ3) is 2.77. The van der Waals surface area contributed by atoms with Gasteiger partial charge in [0.15, 0.2) is 0 Å². The molecule has 0 radical (unpaired) electrons. The van der Waals surface area contributed by atoms with Gasteiger partial charge >= 0.3 is 0 Å². The Morgan fingerprint density at radius 2 is 1.89 bits per heavy atom. The Labute approximate surface area is 111 Å². The van der Waals surface area contributed by atoms with E-state index in [9.17, 15) is 0 Å². The van der Waals surface area contributed by atoms with Crippen molar-refractivity contribution in [3.05, 3.63) is 18.0 Å². The smallest absolute Gasteiger partial charge is 0.0554 e. The Hall–Kier alpha value is -0.830.